The molecule has 0 bridgehead atoms. The molecule has 1 saturated heterocycles. The Morgan fingerprint density at radius 1 is 1.12 bits per heavy atom. The lowest BCUT2D eigenvalue weighted by molar-refractivity contribution is -0.142. The molecular formula is C12H23BO4. The summed E-state index contributed by atoms with van der Waals surface area (Å²) in [5.74, 6) is -0.559. The summed E-state index contributed by atoms with van der Waals surface area (Å²) in [5, 5.41) is 0. The fraction of sp³-hybridized carbons (Fsp3) is 0.917. The van der Waals surface area contributed by atoms with E-state index in [-0.39, 0.29) is 17.7 Å². The van der Waals surface area contributed by atoms with Gasteiger partial charge < -0.3 is 14.0 Å². The first-order chi connectivity index (χ1) is 7.62. The van der Waals surface area contributed by atoms with Gasteiger partial charge in [-0.1, -0.05) is 13.8 Å². The lowest BCUT2D eigenvalue weighted by Crippen LogP contribution is -2.41. The quantitative estimate of drug-likeness (QED) is 0.562. The minimum Gasteiger partial charge on any atom is -0.469 e. The molecule has 0 aromatic rings. The van der Waals surface area contributed by atoms with Crippen LogP contribution in [0.3, 0.4) is 0 Å². The zero-order valence-electron chi connectivity index (χ0n) is 11.9. The molecule has 0 radical (unpaired) electrons. The van der Waals surface area contributed by atoms with Gasteiger partial charge in [-0.25, -0.2) is 0 Å². The van der Waals surface area contributed by atoms with Gasteiger partial charge in [0.2, 0.25) is 0 Å². The van der Waals surface area contributed by atoms with Crippen molar-refractivity contribution in [2.24, 2.45) is 5.92 Å². The Morgan fingerprint density at radius 2 is 1.53 bits per heavy atom. The summed E-state index contributed by atoms with van der Waals surface area (Å²) in [4.78, 5) is 11.8. The first-order valence-electron chi connectivity index (χ1n) is 6.06. The molecule has 0 N–H and O–H groups in total. The van der Waals surface area contributed by atoms with Gasteiger partial charge in [-0.05, 0) is 33.6 Å². The topological polar surface area (TPSA) is 44.8 Å². The van der Waals surface area contributed by atoms with Crippen molar-refractivity contribution in [1.29, 1.82) is 0 Å². The van der Waals surface area contributed by atoms with Gasteiger partial charge in [0, 0.05) is 0 Å². The molecule has 4 nitrogen and oxygen atoms in total. The van der Waals surface area contributed by atoms with Crippen molar-refractivity contribution in [2.75, 3.05) is 7.11 Å². The maximum absolute atomic E-state index is 11.8. The number of esters is 1. The van der Waals surface area contributed by atoms with Crippen LogP contribution in [0, 0.1) is 5.92 Å². The summed E-state index contributed by atoms with van der Waals surface area (Å²) in [6.07, 6.45) is 0. The first-order valence-corrected chi connectivity index (χ1v) is 6.06. The third-order valence-electron chi connectivity index (χ3n) is 3.76. The largest absolute Gasteiger partial charge is 0.473 e. The van der Waals surface area contributed by atoms with E-state index in [4.69, 9.17) is 14.0 Å². The van der Waals surface area contributed by atoms with E-state index < -0.39 is 18.3 Å². The first kappa shape index (κ1) is 14.5. The highest BCUT2D eigenvalue weighted by molar-refractivity contribution is 6.52. The minimum atomic E-state index is -0.535. The van der Waals surface area contributed by atoms with Gasteiger partial charge >= 0.3 is 13.1 Å². The molecule has 1 unspecified atom stereocenters. The highest BCUT2D eigenvalue weighted by Gasteiger charge is 2.56. The molecule has 1 fully saturated rings. The molecule has 1 aliphatic rings. The second kappa shape index (κ2) is 4.61. The van der Waals surface area contributed by atoms with Crippen LogP contribution in [-0.4, -0.2) is 31.4 Å². The van der Waals surface area contributed by atoms with Crippen LogP contribution in [0.1, 0.15) is 41.5 Å². The molecule has 5 heteroatoms. The third kappa shape index (κ3) is 2.66. The van der Waals surface area contributed by atoms with Gasteiger partial charge in [0.1, 0.15) is 0 Å². The molecule has 0 saturated carbocycles. The van der Waals surface area contributed by atoms with Gasteiger partial charge in [-0.3, -0.25) is 4.79 Å². The van der Waals surface area contributed by atoms with E-state index in [0.29, 0.717) is 0 Å². The Bertz CT molecular complexity index is 283. The molecule has 98 valence electrons. The van der Waals surface area contributed by atoms with Gasteiger partial charge in [-0.15, -0.1) is 0 Å². The van der Waals surface area contributed by atoms with Crippen molar-refractivity contribution >= 4 is 13.1 Å². The third-order valence-corrected chi connectivity index (χ3v) is 3.76. The number of ether oxygens (including phenoxy) is 1. The van der Waals surface area contributed by atoms with Gasteiger partial charge in [0.25, 0.3) is 0 Å². The molecule has 0 aliphatic carbocycles. The average Bonchev–Trinajstić information content (AvgIpc) is 2.34. The Kier molecular flexibility index (Phi) is 3.94. The Hall–Kier alpha value is -0.545. The summed E-state index contributed by atoms with van der Waals surface area (Å²) in [7, 11) is 0.857. The number of rotatable bonds is 3. The maximum atomic E-state index is 11.8. The Balaban J connectivity index is 2.91. The van der Waals surface area contributed by atoms with E-state index >= 15 is 0 Å². The second-order valence-corrected chi connectivity index (χ2v) is 5.92. The Morgan fingerprint density at radius 3 is 1.82 bits per heavy atom. The van der Waals surface area contributed by atoms with Crippen LogP contribution in [0.2, 0.25) is 5.82 Å². The molecule has 1 aliphatic heterocycles. The van der Waals surface area contributed by atoms with E-state index in [0.717, 1.165) is 0 Å². The summed E-state index contributed by atoms with van der Waals surface area (Å²) >= 11 is 0. The molecule has 0 amide bonds. The number of carbonyl (C=O) groups is 1. The van der Waals surface area contributed by atoms with Crippen LogP contribution in [-0.2, 0) is 18.8 Å². The number of hydrogen-bond donors (Lipinski definition) is 0. The summed E-state index contributed by atoms with van der Waals surface area (Å²) in [6.45, 7) is 11.8. The van der Waals surface area contributed by atoms with Crippen LogP contribution < -0.4 is 0 Å². The number of carbonyl (C=O) groups excluding carboxylic acids is 1. The Labute approximate surface area is 104 Å². The van der Waals surface area contributed by atoms with Crippen molar-refractivity contribution < 1.29 is 18.8 Å². The summed E-state index contributed by atoms with van der Waals surface area (Å²) in [5.41, 5.74) is -0.836. The fourth-order valence-corrected chi connectivity index (χ4v) is 1.87. The lowest BCUT2D eigenvalue weighted by Gasteiger charge is -2.32. The molecule has 0 aromatic heterocycles. The van der Waals surface area contributed by atoms with Crippen molar-refractivity contribution in [2.45, 2.75) is 58.6 Å². The van der Waals surface area contributed by atoms with Crippen molar-refractivity contribution in [3.05, 3.63) is 0 Å². The van der Waals surface area contributed by atoms with Crippen LogP contribution in [0.15, 0.2) is 0 Å². The lowest BCUT2D eigenvalue weighted by atomic mass is 9.66. The fourth-order valence-electron chi connectivity index (χ4n) is 1.87. The predicted molar refractivity (Wildman–Crippen MR) is 66.7 cm³/mol. The van der Waals surface area contributed by atoms with E-state index in [1.807, 2.05) is 41.5 Å². The molecule has 1 heterocycles. The monoisotopic (exact) mass is 242 g/mol. The van der Waals surface area contributed by atoms with Crippen LogP contribution in [0.4, 0.5) is 0 Å². The van der Waals surface area contributed by atoms with Crippen LogP contribution >= 0.6 is 0 Å². The molecule has 1 rings (SSSR count). The standard InChI is InChI=1S/C12H23BO4/c1-8(2)9(10(14)15-7)13-16-11(3,4)12(5,6)17-13/h8-9H,1-7H3. The van der Waals surface area contributed by atoms with Gasteiger partial charge in [0.05, 0.1) is 24.1 Å². The van der Waals surface area contributed by atoms with Crippen LogP contribution in [0.5, 0.6) is 0 Å². The van der Waals surface area contributed by atoms with Crippen molar-refractivity contribution in [1.82, 2.24) is 0 Å². The molecular weight excluding hydrogens is 219 g/mol. The van der Waals surface area contributed by atoms with E-state index in [1.165, 1.54) is 7.11 Å². The van der Waals surface area contributed by atoms with Crippen LogP contribution in [0.25, 0.3) is 0 Å². The highest BCUT2D eigenvalue weighted by atomic mass is 16.7. The SMILES string of the molecule is COC(=O)C(B1OC(C)(C)C(C)(C)O1)C(C)C. The van der Waals surface area contributed by atoms with Gasteiger partial charge in [-0.2, -0.15) is 0 Å². The zero-order chi connectivity index (χ0) is 13.4. The zero-order valence-corrected chi connectivity index (χ0v) is 11.9. The van der Waals surface area contributed by atoms with Crippen molar-refractivity contribution in [3.8, 4) is 0 Å². The predicted octanol–water partition coefficient (Wildman–Crippen LogP) is 2.28. The maximum Gasteiger partial charge on any atom is 0.473 e. The molecule has 1 atom stereocenters. The second-order valence-electron chi connectivity index (χ2n) is 5.92. The normalized spacial score (nSPS) is 23.9. The number of hydrogen-bond acceptors (Lipinski definition) is 4. The number of methoxy groups -OCH3 is 1. The van der Waals surface area contributed by atoms with E-state index in [9.17, 15) is 4.79 Å². The molecule has 17 heavy (non-hydrogen) atoms. The smallest absolute Gasteiger partial charge is 0.469 e. The summed E-state index contributed by atoms with van der Waals surface area (Å²) < 4.78 is 16.6. The minimum absolute atomic E-state index is 0.108. The summed E-state index contributed by atoms with van der Waals surface area (Å²) in [6, 6.07) is 0. The van der Waals surface area contributed by atoms with Crippen molar-refractivity contribution in [3.63, 3.8) is 0 Å². The van der Waals surface area contributed by atoms with E-state index in [1.54, 1.807) is 0 Å². The average molecular weight is 242 g/mol. The molecule has 0 aromatic carbocycles. The van der Waals surface area contributed by atoms with Gasteiger partial charge in [0.15, 0.2) is 0 Å². The van der Waals surface area contributed by atoms with E-state index in [2.05, 4.69) is 0 Å². The molecule has 0 spiro atoms. The highest BCUT2D eigenvalue weighted by Crippen LogP contribution is 2.42.